The average Bonchev–Trinajstić information content (AvgIpc) is 2.02. The lowest BCUT2D eigenvalue weighted by Crippen LogP contribution is -2.21. The Balaban J connectivity index is 2.80. The molecule has 1 rings (SSSR count). The molecule has 0 amide bonds. The van der Waals surface area contributed by atoms with E-state index >= 15 is 0 Å². The van der Waals surface area contributed by atoms with E-state index < -0.39 is 15.1 Å². The minimum absolute atomic E-state index is 0.0591. The molecule has 0 bridgehead atoms. The number of benzene rings is 1. The van der Waals surface area contributed by atoms with E-state index in [2.05, 4.69) is 0 Å². The summed E-state index contributed by atoms with van der Waals surface area (Å²) in [6.07, 6.45) is 0. The van der Waals surface area contributed by atoms with E-state index in [1.165, 1.54) is 25.2 Å². The van der Waals surface area contributed by atoms with Crippen molar-refractivity contribution >= 4 is 19.9 Å². The van der Waals surface area contributed by atoms with E-state index in [0.29, 0.717) is 5.56 Å². The molecule has 0 N–H and O–H groups in total. The van der Waals surface area contributed by atoms with Crippen LogP contribution in [0.3, 0.4) is 0 Å². The monoisotopic (exact) mass is 237 g/mol. The van der Waals surface area contributed by atoms with Gasteiger partial charge in [0.15, 0.2) is 0 Å². The maximum absolute atomic E-state index is 12.7. The minimum atomic E-state index is -3.73. The highest BCUT2D eigenvalue weighted by Gasteiger charge is 2.13. The predicted octanol–water partition coefficient (Wildman–Crippen LogP) is 1.74. The van der Waals surface area contributed by atoms with Crippen LogP contribution in [0.5, 0.6) is 0 Å². The topological polar surface area (TPSA) is 37.4 Å². The molecule has 0 fully saturated rings. The van der Waals surface area contributed by atoms with Gasteiger partial charge in [-0.1, -0.05) is 12.1 Å². The molecule has 6 heteroatoms. The third-order valence-electron chi connectivity index (χ3n) is 1.67. The highest BCUT2D eigenvalue weighted by molar-refractivity contribution is 8.11. The van der Waals surface area contributed by atoms with Gasteiger partial charge >= 0.3 is 0 Å². The van der Waals surface area contributed by atoms with E-state index in [0.717, 1.165) is 4.31 Å². The van der Waals surface area contributed by atoms with Crippen molar-refractivity contribution in [3.8, 4) is 0 Å². The molecule has 1 aromatic carbocycles. The minimum Gasteiger partial charge on any atom is -0.207 e. The molecule has 0 heterocycles. The lowest BCUT2D eigenvalue weighted by atomic mass is 10.2. The smallest absolute Gasteiger partial charge is 0.207 e. The number of rotatable bonds is 3. The Morgan fingerprint density at radius 2 is 2.14 bits per heavy atom. The molecule has 3 nitrogen and oxygen atoms in total. The van der Waals surface area contributed by atoms with Crippen LogP contribution < -0.4 is 0 Å². The predicted molar refractivity (Wildman–Crippen MR) is 52.6 cm³/mol. The summed E-state index contributed by atoms with van der Waals surface area (Å²) < 4.78 is 35.3. The fourth-order valence-corrected chi connectivity index (χ4v) is 1.42. The lowest BCUT2D eigenvalue weighted by Gasteiger charge is -2.11. The summed E-state index contributed by atoms with van der Waals surface area (Å²) >= 11 is 0. The molecule has 1 aromatic rings. The zero-order chi connectivity index (χ0) is 10.8. The van der Waals surface area contributed by atoms with E-state index in [1.807, 2.05) is 0 Å². The van der Waals surface area contributed by atoms with Crippen molar-refractivity contribution in [1.82, 2.24) is 4.31 Å². The van der Waals surface area contributed by atoms with Crippen LogP contribution in [0.15, 0.2) is 24.3 Å². The summed E-state index contributed by atoms with van der Waals surface area (Å²) in [6, 6.07) is 5.69. The Morgan fingerprint density at radius 3 is 2.64 bits per heavy atom. The van der Waals surface area contributed by atoms with Crippen LogP contribution in [0.2, 0.25) is 0 Å². The second-order valence-corrected chi connectivity index (χ2v) is 5.45. The van der Waals surface area contributed by atoms with Gasteiger partial charge in [0.1, 0.15) is 5.82 Å². The molecule has 0 saturated heterocycles. The SMILES string of the molecule is CN(Cc1cccc(F)c1)S(=O)(=O)Cl. The molecule has 0 saturated carbocycles. The Bertz CT molecular complexity index is 421. The summed E-state index contributed by atoms with van der Waals surface area (Å²) in [6.45, 7) is 0.0591. The Kier molecular flexibility index (Phi) is 3.47. The van der Waals surface area contributed by atoms with E-state index in [9.17, 15) is 12.8 Å². The summed E-state index contributed by atoms with van der Waals surface area (Å²) in [7, 11) is 2.67. The summed E-state index contributed by atoms with van der Waals surface area (Å²) in [5, 5.41) is 0. The molecule has 78 valence electrons. The first-order chi connectivity index (χ1) is 6.39. The van der Waals surface area contributed by atoms with Crippen molar-refractivity contribution in [3.05, 3.63) is 35.6 Å². The van der Waals surface area contributed by atoms with Gasteiger partial charge in [0, 0.05) is 24.3 Å². The summed E-state index contributed by atoms with van der Waals surface area (Å²) in [5.41, 5.74) is 0.553. The van der Waals surface area contributed by atoms with Crippen LogP contribution in [-0.2, 0) is 15.8 Å². The zero-order valence-electron chi connectivity index (χ0n) is 7.44. The highest BCUT2D eigenvalue weighted by Crippen LogP contribution is 2.10. The number of hydrogen-bond acceptors (Lipinski definition) is 2. The van der Waals surface area contributed by atoms with Crippen LogP contribution in [0, 0.1) is 5.82 Å². The maximum Gasteiger partial charge on any atom is 0.299 e. The van der Waals surface area contributed by atoms with Gasteiger partial charge in [-0.15, -0.1) is 0 Å². The van der Waals surface area contributed by atoms with Gasteiger partial charge in [-0.05, 0) is 17.7 Å². The van der Waals surface area contributed by atoms with Crippen LogP contribution >= 0.6 is 10.7 Å². The first kappa shape index (κ1) is 11.4. The second-order valence-electron chi connectivity index (χ2n) is 2.83. The highest BCUT2D eigenvalue weighted by atomic mass is 35.7. The van der Waals surface area contributed by atoms with Crippen molar-refractivity contribution in [2.75, 3.05) is 7.05 Å². The third-order valence-corrected chi connectivity index (χ3v) is 3.25. The molecule has 0 radical (unpaired) electrons. The lowest BCUT2D eigenvalue weighted by molar-refractivity contribution is 0.479. The second kappa shape index (κ2) is 4.25. The van der Waals surface area contributed by atoms with Gasteiger partial charge in [-0.25, -0.2) is 4.39 Å². The third kappa shape index (κ3) is 3.25. The van der Waals surface area contributed by atoms with Gasteiger partial charge in [-0.3, -0.25) is 0 Å². The van der Waals surface area contributed by atoms with Crippen LogP contribution in [-0.4, -0.2) is 19.8 Å². The quantitative estimate of drug-likeness (QED) is 0.751. The molecule has 0 atom stereocenters. The van der Waals surface area contributed by atoms with E-state index in [1.54, 1.807) is 6.07 Å². The number of hydrogen-bond donors (Lipinski definition) is 0. The normalized spacial score (nSPS) is 12.0. The fraction of sp³-hybridized carbons (Fsp3) is 0.250. The van der Waals surface area contributed by atoms with Crippen molar-refractivity contribution in [3.63, 3.8) is 0 Å². The first-order valence-corrected chi connectivity index (χ1v) is 6.06. The summed E-state index contributed by atoms with van der Waals surface area (Å²) in [5.74, 6) is -0.400. The Hall–Kier alpha value is -0.650. The van der Waals surface area contributed by atoms with Gasteiger partial charge in [0.25, 0.3) is 9.24 Å². The maximum atomic E-state index is 12.7. The zero-order valence-corrected chi connectivity index (χ0v) is 9.02. The van der Waals surface area contributed by atoms with Gasteiger partial charge in [-0.2, -0.15) is 12.7 Å². The van der Waals surface area contributed by atoms with Crippen LogP contribution in [0.4, 0.5) is 4.39 Å². The molecular formula is C8H9ClFNO2S. The molecule has 0 aliphatic carbocycles. The molecule has 0 aromatic heterocycles. The van der Waals surface area contributed by atoms with Crippen molar-refractivity contribution < 1.29 is 12.8 Å². The molecule has 14 heavy (non-hydrogen) atoms. The largest absolute Gasteiger partial charge is 0.299 e. The molecule has 0 spiro atoms. The molecule has 0 aliphatic rings. The van der Waals surface area contributed by atoms with Gasteiger partial charge < -0.3 is 0 Å². The standard InChI is InChI=1S/C8H9ClFNO2S/c1-11(14(9,12)13)6-7-3-2-4-8(10)5-7/h2-5H,6H2,1H3. The molecular weight excluding hydrogens is 229 g/mol. The van der Waals surface area contributed by atoms with Crippen molar-refractivity contribution in [2.45, 2.75) is 6.54 Å². The van der Waals surface area contributed by atoms with Gasteiger partial charge in [0.05, 0.1) is 0 Å². The summed E-state index contributed by atoms with van der Waals surface area (Å²) in [4.78, 5) is 0. The average molecular weight is 238 g/mol. The Morgan fingerprint density at radius 1 is 1.50 bits per heavy atom. The first-order valence-electron chi connectivity index (χ1n) is 3.80. The molecule has 0 unspecified atom stereocenters. The van der Waals surface area contributed by atoms with E-state index in [-0.39, 0.29) is 6.54 Å². The van der Waals surface area contributed by atoms with Crippen molar-refractivity contribution in [1.29, 1.82) is 0 Å². The number of halogens is 2. The van der Waals surface area contributed by atoms with Crippen molar-refractivity contribution in [2.24, 2.45) is 0 Å². The fourth-order valence-electron chi connectivity index (χ4n) is 0.970. The van der Waals surface area contributed by atoms with Crippen LogP contribution in [0.25, 0.3) is 0 Å². The van der Waals surface area contributed by atoms with Crippen LogP contribution in [0.1, 0.15) is 5.56 Å². The molecule has 0 aliphatic heterocycles. The van der Waals surface area contributed by atoms with Gasteiger partial charge in [0.2, 0.25) is 0 Å². The van der Waals surface area contributed by atoms with E-state index in [4.69, 9.17) is 10.7 Å². The Labute approximate surface area is 86.7 Å². The number of nitrogens with zero attached hydrogens (tertiary/aromatic N) is 1.